The van der Waals surface area contributed by atoms with Gasteiger partial charge < -0.3 is 10.2 Å². The van der Waals surface area contributed by atoms with Gasteiger partial charge >= 0.3 is 6.03 Å². The average molecular weight is 402 g/mol. The number of hydroxylamine groups is 2. The molecule has 2 aromatic rings. The van der Waals surface area contributed by atoms with Crippen molar-refractivity contribution in [1.29, 1.82) is 5.26 Å². The first-order valence-corrected chi connectivity index (χ1v) is 8.84. The Morgan fingerprint density at radius 3 is 2.90 bits per heavy atom. The summed E-state index contributed by atoms with van der Waals surface area (Å²) >= 11 is 0. The van der Waals surface area contributed by atoms with Gasteiger partial charge in [-0.25, -0.2) is 18.6 Å². The van der Waals surface area contributed by atoms with E-state index >= 15 is 0 Å². The molecule has 0 atom stereocenters. The number of halogens is 2. The van der Waals surface area contributed by atoms with Crippen LogP contribution in [0.25, 0.3) is 0 Å². The molecule has 2 aliphatic rings. The van der Waals surface area contributed by atoms with E-state index in [0.29, 0.717) is 37.4 Å². The van der Waals surface area contributed by atoms with Crippen molar-refractivity contribution in [3.05, 3.63) is 46.3 Å². The van der Waals surface area contributed by atoms with Crippen LogP contribution in [-0.4, -0.2) is 51.9 Å². The summed E-state index contributed by atoms with van der Waals surface area (Å²) in [5.41, 5.74) is 0.645. The molecule has 9 nitrogen and oxygen atoms in total. The van der Waals surface area contributed by atoms with Crippen LogP contribution in [0, 0.1) is 23.0 Å². The summed E-state index contributed by atoms with van der Waals surface area (Å²) in [5.74, 6) is -2.49. The number of hydrogen-bond donors (Lipinski definition) is 1. The number of nitrogens with one attached hydrogen (secondary N) is 1. The van der Waals surface area contributed by atoms with E-state index in [1.165, 1.54) is 18.0 Å². The molecule has 0 fully saturated rings. The first-order chi connectivity index (χ1) is 13.9. The van der Waals surface area contributed by atoms with Crippen molar-refractivity contribution >= 4 is 17.6 Å². The number of anilines is 1. The minimum absolute atomic E-state index is 0.101. The molecule has 3 amide bonds. The van der Waals surface area contributed by atoms with Gasteiger partial charge in [0, 0.05) is 25.6 Å². The van der Waals surface area contributed by atoms with E-state index in [0.717, 1.165) is 22.9 Å². The van der Waals surface area contributed by atoms with Gasteiger partial charge in [-0.1, -0.05) is 0 Å². The third-order valence-corrected chi connectivity index (χ3v) is 4.91. The van der Waals surface area contributed by atoms with Crippen LogP contribution >= 0.6 is 0 Å². The number of fused-ring (bicyclic) bond motifs is 3. The van der Waals surface area contributed by atoms with E-state index in [4.69, 9.17) is 10.1 Å². The van der Waals surface area contributed by atoms with Gasteiger partial charge in [-0.2, -0.15) is 10.4 Å². The van der Waals surface area contributed by atoms with Crippen LogP contribution < -0.4 is 5.32 Å². The fourth-order valence-corrected chi connectivity index (χ4v) is 3.42. The highest BCUT2D eigenvalue weighted by atomic mass is 19.1. The van der Waals surface area contributed by atoms with Gasteiger partial charge in [0.2, 0.25) is 0 Å². The lowest BCUT2D eigenvalue weighted by Gasteiger charge is -2.27. The molecule has 0 unspecified atom stereocenters. The smallest absolute Gasteiger partial charge is 0.320 e. The zero-order valence-electron chi connectivity index (χ0n) is 15.4. The highest BCUT2D eigenvalue weighted by Crippen LogP contribution is 2.26. The second-order valence-electron chi connectivity index (χ2n) is 6.63. The van der Waals surface area contributed by atoms with Crippen molar-refractivity contribution < 1.29 is 23.2 Å². The molecule has 11 heteroatoms. The van der Waals surface area contributed by atoms with E-state index in [1.54, 1.807) is 4.68 Å². The Hall–Kier alpha value is -3.52. The van der Waals surface area contributed by atoms with Crippen LogP contribution in [0.5, 0.6) is 0 Å². The number of nitrogens with zero attached hydrogens (tertiary/aromatic N) is 5. The molecule has 1 N–H and O–H groups in total. The standard InChI is InChI=1S/C18H16F2N6O3/c1-24-17(27)16-11-9-25(5-4-13(11)23-26(16)6-7-29-24)18(28)22-14-3-2-12(19)10(8-21)15(14)20/h2-3H,4-7,9H2,1H3,(H,22,28). The quantitative estimate of drug-likeness (QED) is 0.781. The normalized spacial score (nSPS) is 16.0. The second-order valence-corrected chi connectivity index (χ2v) is 6.63. The van der Waals surface area contributed by atoms with Crippen LogP contribution in [0.3, 0.4) is 0 Å². The summed E-state index contributed by atoms with van der Waals surface area (Å²) < 4.78 is 29.3. The van der Waals surface area contributed by atoms with E-state index < -0.39 is 23.2 Å². The first kappa shape index (κ1) is 18.8. The van der Waals surface area contributed by atoms with Gasteiger partial charge in [0.25, 0.3) is 5.91 Å². The summed E-state index contributed by atoms with van der Waals surface area (Å²) in [5, 5.41) is 16.8. The maximum Gasteiger partial charge on any atom is 0.322 e. The molecule has 2 aliphatic heterocycles. The molecule has 3 heterocycles. The number of urea groups is 1. The lowest BCUT2D eigenvalue weighted by molar-refractivity contribution is -0.103. The fraction of sp³-hybridized carbons (Fsp3) is 0.333. The Morgan fingerprint density at radius 1 is 1.34 bits per heavy atom. The van der Waals surface area contributed by atoms with E-state index in [1.807, 2.05) is 0 Å². The molecule has 0 aliphatic carbocycles. The van der Waals surface area contributed by atoms with Crippen LogP contribution in [0.15, 0.2) is 12.1 Å². The van der Waals surface area contributed by atoms with Gasteiger partial charge in [0.1, 0.15) is 23.1 Å². The number of aromatic nitrogens is 2. The fourth-order valence-electron chi connectivity index (χ4n) is 3.42. The Bertz CT molecular complexity index is 1060. The number of amides is 3. The molecule has 0 bridgehead atoms. The maximum absolute atomic E-state index is 14.2. The molecule has 1 aromatic carbocycles. The van der Waals surface area contributed by atoms with Crippen LogP contribution in [0.2, 0.25) is 0 Å². The van der Waals surface area contributed by atoms with Gasteiger partial charge in [0.15, 0.2) is 5.82 Å². The number of carbonyl (C=O) groups excluding carboxylic acids is 2. The predicted octanol–water partition coefficient (Wildman–Crippen LogP) is 1.64. The van der Waals surface area contributed by atoms with E-state index in [-0.39, 0.29) is 18.1 Å². The Kier molecular flexibility index (Phi) is 4.63. The van der Waals surface area contributed by atoms with Crippen LogP contribution in [0.1, 0.15) is 27.3 Å². The van der Waals surface area contributed by atoms with Crippen molar-refractivity contribution in [2.45, 2.75) is 19.5 Å². The largest absolute Gasteiger partial charge is 0.322 e. The van der Waals surface area contributed by atoms with Gasteiger partial charge in [-0.3, -0.25) is 14.3 Å². The zero-order chi connectivity index (χ0) is 20.7. The van der Waals surface area contributed by atoms with Gasteiger partial charge in [0.05, 0.1) is 31.1 Å². The summed E-state index contributed by atoms with van der Waals surface area (Å²) in [6.07, 6.45) is 0.427. The molecule has 0 saturated carbocycles. The number of rotatable bonds is 1. The Labute approximate surface area is 164 Å². The molecule has 4 rings (SSSR count). The third-order valence-electron chi connectivity index (χ3n) is 4.91. The predicted molar refractivity (Wildman–Crippen MR) is 94.5 cm³/mol. The maximum atomic E-state index is 14.2. The monoisotopic (exact) mass is 402 g/mol. The average Bonchev–Trinajstić information content (AvgIpc) is 3.00. The van der Waals surface area contributed by atoms with Crippen LogP contribution in [0.4, 0.5) is 19.3 Å². The lowest BCUT2D eigenvalue weighted by atomic mass is 10.1. The molecular weight excluding hydrogens is 386 g/mol. The van der Waals surface area contributed by atoms with Crippen molar-refractivity contribution in [3.8, 4) is 6.07 Å². The molecule has 150 valence electrons. The summed E-state index contributed by atoms with van der Waals surface area (Å²) in [6, 6.07) is 2.78. The molecule has 0 spiro atoms. The topological polar surface area (TPSA) is 103 Å². The molecule has 29 heavy (non-hydrogen) atoms. The van der Waals surface area contributed by atoms with Crippen molar-refractivity contribution in [2.24, 2.45) is 0 Å². The molecule has 0 saturated heterocycles. The summed E-state index contributed by atoms with van der Waals surface area (Å²) in [4.78, 5) is 31.9. The van der Waals surface area contributed by atoms with E-state index in [9.17, 15) is 18.4 Å². The minimum atomic E-state index is -1.13. The Balaban J connectivity index is 1.58. The van der Waals surface area contributed by atoms with Crippen molar-refractivity contribution in [3.63, 3.8) is 0 Å². The van der Waals surface area contributed by atoms with Gasteiger partial charge in [-0.15, -0.1) is 0 Å². The van der Waals surface area contributed by atoms with E-state index in [2.05, 4.69) is 10.4 Å². The number of benzene rings is 1. The van der Waals surface area contributed by atoms with Crippen molar-refractivity contribution in [2.75, 3.05) is 25.5 Å². The van der Waals surface area contributed by atoms with Gasteiger partial charge in [-0.05, 0) is 12.1 Å². The summed E-state index contributed by atoms with van der Waals surface area (Å²) in [6.45, 7) is 1.11. The highest BCUT2D eigenvalue weighted by molar-refractivity contribution is 5.94. The number of carbonyl (C=O) groups is 2. The first-order valence-electron chi connectivity index (χ1n) is 8.84. The summed E-state index contributed by atoms with van der Waals surface area (Å²) in [7, 11) is 1.51. The Morgan fingerprint density at radius 2 is 2.14 bits per heavy atom. The SMILES string of the molecule is CN1OCCn2nc3c(c2C1=O)CN(C(=O)Nc1ccc(F)c(C#N)c1F)CC3. The second kappa shape index (κ2) is 7.14. The zero-order valence-corrected chi connectivity index (χ0v) is 15.4. The number of nitriles is 1. The van der Waals surface area contributed by atoms with Crippen molar-refractivity contribution in [1.82, 2.24) is 19.7 Å². The molecular formula is C18H16F2N6O3. The highest BCUT2D eigenvalue weighted by Gasteiger charge is 2.33. The number of hydrogen-bond acceptors (Lipinski definition) is 5. The molecule has 0 radical (unpaired) electrons. The molecule has 1 aromatic heterocycles. The third kappa shape index (κ3) is 3.17. The van der Waals surface area contributed by atoms with Crippen LogP contribution in [-0.2, 0) is 24.3 Å². The lowest BCUT2D eigenvalue weighted by Crippen LogP contribution is -2.39. The minimum Gasteiger partial charge on any atom is -0.320 e.